The summed E-state index contributed by atoms with van der Waals surface area (Å²) >= 11 is 0. The van der Waals surface area contributed by atoms with Crippen LogP contribution in [0.2, 0.25) is 0 Å². The average Bonchev–Trinajstić information content (AvgIpc) is 2.52. The standard InChI is InChI=1S/C19H23FN2O/c1-3-12-22(13-16-9-5-6-10-17(16)20)14-19(23)21-18-11-7-4-8-15(18)2/h4-11H,3,12-14H2,1-2H3,(H,21,23)/p+1. The molecule has 0 radical (unpaired) electrons. The molecule has 23 heavy (non-hydrogen) atoms. The molecule has 0 aliphatic carbocycles. The number of hydrogen-bond donors (Lipinski definition) is 2. The number of halogens is 1. The topological polar surface area (TPSA) is 33.5 Å². The first-order valence-corrected chi connectivity index (χ1v) is 8.02. The number of amides is 1. The zero-order valence-electron chi connectivity index (χ0n) is 13.7. The van der Waals surface area contributed by atoms with Crippen LogP contribution in [-0.2, 0) is 11.3 Å². The van der Waals surface area contributed by atoms with E-state index in [1.54, 1.807) is 12.1 Å². The third-order valence-corrected chi connectivity index (χ3v) is 3.83. The van der Waals surface area contributed by atoms with Gasteiger partial charge in [0.1, 0.15) is 12.4 Å². The Balaban J connectivity index is 2.00. The van der Waals surface area contributed by atoms with Gasteiger partial charge in [0, 0.05) is 11.3 Å². The molecule has 2 rings (SSSR count). The minimum Gasteiger partial charge on any atom is -0.323 e. The molecule has 0 bridgehead atoms. The highest BCUT2D eigenvalue weighted by Gasteiger charge is 2.16. The van der Waals surface area contributed by atoms with Crippen LogP contribution in [0.5, 0.6) is 0 Å². The van der Waals surface area contributed by atoms with E-state index in [-0.39, 0.29) is 11.7 Å². The van der Waals surface area contributed by atoms with Gasteiger partial charge >= 0.3 is 0 Å². The second-order valence-electron chi connectivity index (χ2n) is 5.81. The van der Waals surface area contributed by atoms with Crippen LogP contribution in [0.3, 0.4) is 0 Å². The van der Waals surface area contributed by atoms with E-state index in [1.807, 2.05) is 37.3 Å². The quantitative estimate of drug-likeness (QED) is 0.809. The molecule has 0 heterocycles. The SMILES string of the molecule is CCC[NH+](CC(=O)Nc1ccccc1C)Cc1ccccc1F. The van der Waals surface area contributed by atoms with Crippen LogP contribution in [0.1, 0.15) is 24.5 Å². The molecule has 0 saturated carbocycles. The Morgan fingerprint density at radius 2 is 1.83 bits per heavy atom. The maximum absolute atomic E-state index is 13.8. The number of rotatable bonds is 7. The molecule has 3 nitrogen and oxygen atoms in total. The normalized spacial score (nSPS) is 12.0. The molecular weight excluding hydrogens is 291 g/mol. The highest BCUT2D eigenvalue weighted by Crippen LogP contribution is 2.12. The minimum atomic E-state index is -0.208. The van der Waals surface area contributed by atoms with Crippen molar-refractivity contribution in [1.82, 2.24) is 0 Å². The Morgan fingerprint density at radius 3 is 2.52 bits per heavy atom. The number of quaternary nitrogens is 1. The van der Waals surface area contributed by atoms with Crippen molar-refractivity contribution in [1.29, 1.82) is 0 Å². The molecule has 1 atom stereocenters. The monoisotopic (exact) mass is 315 g/mol. The van der Waals surface area contributed by atoms with Crippen LogP contribution in [0.15, 0.2) is 48.5 Å². The minimum absolute atomic E-state index is 0.0425. The molecule has 0 saturated heterocycles. The fourth-order valence-electron chi connectivity index (χ4n) is 2.64. The summed E-state index contributed by atoms with van der Waals surface area (Å²) in [5, 5.41) is 2.95. The van der Waals surface area contributed by atoms with Crippen LogP contribution in [-0.4, -0.2) is 19.0 Å². The van der Waals surface area contributed by atoms with E-state index in [1.165, 1.54) is 6.07 Å². The van der Waals surface area contributed by atoms with Gasteiger partial charge in [0.2, 0.25) is 0 Å². The van der Waals surface area contributed by atoms with Crippen molar-refractivity contribution in [2.24, 2.45) is 0 Å². The van der Waals surface area contributed by atoms with Gasteiger partial charge in [0.25, 0.3) is 5.91 Å². The molecule has 0 aliphatic heterocycles. The predicted octanol–water partition coefficient (Wildman–Crippen LogP) is 2.57. The summed E-state index contributed by atoms with van der Waals surface area (Å²) in [4.78, 5) is 13.4. The van der Waals surface area contributed by atoms with Crippen molar-refractivity contribution < 1.29 is 14.1 Å². The summed E-state index contributed by atoms with van der Waals surface area (Å²) < 4.78 is 13.8. The number of carbonyl (C=O) groups excluding carboxylic acids is 1. The highest BCUT2D eigenvalue weighted by molar-refractivity contribution is 5.92. The van der Waals surface area contributed by atoms with Gasteiger partial charge in [-0.1, -0.05) is 43.3 Å². The lowest BCUT2D eigenvalue weighted by Gasteiger charge is -2.19. The zero-order valence-corrected chi connectivity index (χ0v) is 13.7. The van der Waals surface area contributed by atoms with Crippen LogP contribution in [0.4, 0.5) is 10.1 Å². The Kier molecular flexibility index (Phi) is 6.29. The summed E-state index contributed by atoms with van der Waals surface area (Å²) in [6.07, 6.45) is 0.946. The summed E-state index contributed by atoms with van der Waals surface area (Å²) in [6, 6.07) is 14.5. The van der Waals surface area contributed by atoms with Crippen molar-refractivity contribution in [3.8, 4) is 0 Å². The number of para-hydroxylation sites is 1. The van der Waals surface area contributed by atoms with E-state index in [9.17, 15) is 9.18 Å². The Morgan fingerprint density at radius 1 is 1.13 bits per heavy atom. The second kappa shape index (κ2) is 8.44. The lowest BCUT2D eigenvalue weighted by molar-refractivity contribution is -0.905. The molecule has 122 valence electrons. The van der Waals surface area contributed by atoms with Gasteiger partial charge in [-0.15, -0.1) is 0 Å². The first kappa shape index (κ1) is 17.2. The molecule has 4 heteroatoms. The fraction of sp³-hybridized carbons (Fsp3) is 0.316. The maximum Gasteiger partial charge on any atom is 0.279 e. The van der Waals surface area contributed by atoms with Crippen LogP contribution < -0.4 is 10.2 Å². The van der Waals surface area contributed by atoms with Gasteiger partial charge in [-0.05, 0) is 31.0 Å². The first-order chi connectivity index (χ1) is 11.1. The van der Waals surface area contributed by atoms with Gasteiger partial charge in [0.05, 0.1) is 6.54 Å². The fourth-order valence-corrected chi connectivity index (χ4v) is 2.64. The lowest BCUT2D eigenvalue weighted by Crippen LogP contribution is -3.11. The van der Waals surface area contributed by atoms with Gasteiger partial charge in [-0.2, -0.15) is 0 Å². The molecule has 2 aromatic carbocycles. The molecule has 1 amide bonds. The predicted molar refractivity (Wildman–Crippen MR) is 90.9 cm³/mol. The summed E-state index contributed by atoms with van der Waals surface area (Å²) in [7, 11) is 0. The van der Waals surface area contributed by atoms with Crippen molar-refractivity contribution >= 4 is 11.6 Å². The summed E-state index contributed by atoms with van der Waals surface area (Å²) in [6.45, 7) is 5.71. The summed E-state index contributed by atoms with van der Waals surface area (Å²) in [5.74, 6) is -0.250. The zero-order chi connectivity index (χ0) is 16.7. The number of anilines is 1. The number of carbonyl (C=O) groups is 1. The van der Waals surface area contributed by atoms with Crippen molar-refractivity contribution in [3.63, 3.8) is 0 Å². The maximum atomic E-state index is 13.8. The molecule has 0 aliphatic rings. The van der Waals surface area contributed by atoms with E-state index in [2.05, 4.69) is 12.2 Å². The lowest BCUT2D eigenvalue weighted by atomic mass is 10.2. The van der Waals surface area contributed by atoms with Crippen molar-refractivity contribution in [3.05, 3.63) is 65.5 Å². The van der Waals surface area contributed by atoms with Crippen LogP contribution >= 0.6 is 0 Å². The first-order valence-electron chi connectivity index (χ1n) is 8.02. The number of aryl methyl sites for hydroxylation is 1. The number of benzene rings is 2. The Hall–Kier alpha value is -2.20. The third-order valence-electron chi connectivity index (χ3n) is 3.83. The third kappa shape index (κ3) is 5.18. The van der Waals surface area contributed by atoms with Gasteiger partial charge < -0.3 is 10.2 Å². The van der Waals surface area contributed by atoms with E-state index in [0.717, 1.165) is 29.1 Å². The summed E-state index contributed by atoms with van der Waals surface area (Å²) in [5.41, 5.74) is 2.52. The van der Waals surface area contributed by atoms with Gasteiger partial charge in [0.15, 0.2) is 6.54 Å². The molecule has 0 fully saturated rings. The van der Waals surface area contributed by atoms with Crippen LogP contribution in [0, 0.1) is 12.7 Å². The van der Waals surface area contributed by atoms with Crippen molar-refractivity contribution in [2.45, 2.75) is 26.8 Å². The molecule has 1 unspecified atom stereocenters. The van der Waals surface area contributed by atoms with Gasteiger partial charge in [-0.25, -0.2) is 4.39 Å². The molecule has 0 spiro atoms. The molecule has 2 aromatic rings. The van der Waals surface area contributed by atoms with E-state index in [0.29, 0.717) is 18.7 Å². The van der Waals surface area contributed by atoms with Crippen LogP contribution in [0.25, 0.3) is 0 Å². The number of nitrogens with one attached hydrogen (secondary N) is 2. The largest absolute Gasteiger partial charge is 0.323 e. The smallest absolute Gasteiger partial charge is 0.279 e. The van der Waals surface area contributed by atoms with Gasteiger partial charge in [-0.3, -0.25) is 4.79 Å². The second-order valence-corrected chi connectivity index (χ2v) is 5.81. The van der Waals surface area contributed by atoms with E-state index < -0.39 is 0 Å². The van der Waals surface area contributed by atoms with Crippen molar-refractivity contribution in [2.75, 3.05) is 18.4 Å². The number of hydrogen-bond acceptors (Lipinski definition) is 1. The highest BCUT2D eigenvalue weighted by atomic mass is 19.1. The van der Waals surface area contributed by atoms with E-state index >= 15 is 0 Å². The Labute approximate surface area is 137 Å². The van der Waals surface area contributed by atoms with E-state index in [4.69, 9.17) is 0 Å². The average molecular weight is 315 g/mol. The molecule has 2 N–H and O–H groups in total. The molecule has 0 aromatic heterocycles. The molecular formula is C19H24FN2O+. The Bertz CT molecular complexity index is 657.